The van der Waals surface area contributed by atoms with Crippen LogP contribution >= 0.6 is 0 Å². The standard InChI is InChI=1S/C18H19NO2S/c1-13-7-8-17(14(2)11-13)22(20,21)19-12-18(9-10-18)15-5-3-4-6-16(15)19/h3-8,11H,9-10,12H2,1-2H3. The smallest absolute Gasteiger partial charge is 0.264 e. The van der Waals surface area contributed by atoms with Crippen molar-refractivity contribution in [2.24, 2.45) is 0 Å². The van der Waals surface area contributed by atoms with Gasteiger partial charge in [-0.25, -0.2) is 8.42 Å². The second kappa shape index (κ2) is 4.35. The topological polar surface area (TPSA) is 37.4 Å². The summed E-state index contributed by atoms with van der Waals surface area (Å²) in [5.41, 5.74) is 4.02. The van der Waals surface area contributed by atoms with E-state index < -0.39 is 10.0 Å². The molecule has 114 valence electrons. The minimum absolute atomic E-state index is 0.0717. The van der Waals surface area contributed by atoms with Crippen LogP contribution in [0.5, 0.6) is 0 Å². The van der Waals surface area contributed by atoms with Gasteiger partial charge in [-0.1, -0.05) is 35.9 Å². The first-order valence-electron chi connectivity index (χ1n) is 7.64. The van der Waals surface area contributed by atoms with E-state index in [1.54, 1.807) is 10.4 Å². The second-order valence-electron chi connectivity index (χ2n) is 6.58. The molecule has 0 aromatic heterocycles. The molecule has 4 rings (SSSR count). The first-order valence-corrected chi connectivity index (χ1v) is 9.08. The molecule has 1 spiro atoms. The third-order valence-corrected chi connectivity index (χ3v) is 6.86. The third kappa shape index (κ3) is 1.83. The molecule has 1 saturated carbocycles. The van der Waals surface area contributed by atoms with E-state index in [9.17, 15) is 8.42 Å². The van der Waals surface area contributed by atoms with Crippen molar-refractivity contribution in [3.05, 3.63) is 59.2 Å². The van der Waals surface area contributed by atoms with Gasteiger partial charge in [0.05, 0.1) is 10.6 Å². The van der Waals surface area contributed by atoms with E-state index in [1.165, 1.54) is 5.56 Å². The molecule has 1 fully saturated rings. The van der Waals surface area contributed by atoms with Crippen LogP contribution in [0.25, 0.3) is 0 Å². The average Bonchev–Trinajstić information content (AvgIpc) is 3.16. The van der Waals surface area contributed by atoms with Crippen LogP contribution in [0.4, 0.5) is 5.69 Å². The highest BCUT2D eigenvalue weighted by molar-refractivity contribution is 7.93. The first kappa shape index (κ1) is 13.8. The van der Waals surface area contributed by atoms with Crippen LogP contribution in [0, 0.1) is 13.8 Å². The summed E-state index contributed by atoms with van der Waals surface area (Å²) in [6, 6.07) is 13.5. The highest BCUT2D eigenvalue weighted by atomic mass is 32.2. The summed E-state index contributed by atoms with van der Waals surface area (Å²) < 4.78 is 28.0. The van der Waals surface area contributed by atoms with Crippen molar-refractivity contribution in [2.45, 2.75) is 37.0 Å². The second-order valence-corrected chi connectivity index (χ2v) is 8.41. The predicted molar refractivity (Wildman–Crippen MR) is 87.8 cm³/mol. The molecular formula is C18H19NO2S. The van der Waals surface area contributed by atoms with Crippen molar-refractivity contribution < 1.29 is 8.42 Å². The number of nitrogens with zero attached hydrogens (tertiary/aromatic N) is 1. The van der Waals surface area contributed by atoms with Gasteiger partial charge in [-0.15, -0.1) is 0 Å². The average molecular weight is 313 g/mol. The molecule has 0 unspecified atom stereocenters. The molecule has 0 radical (unpaired) electrons. The minimum atomic E-state index is -3.50. The van der Waals surface area contributed by atoms with Crippen molar-refractivity contribution >= 4 is 15.7 Å². The normalized spacial score (nSPS) is 18.5. The quantitative estimate of drug-likeness (QED) is 0.850. The van der Waals surface area contributed by atoms with E-state index in [2.05, 4.69) is 6.07 Å². The maximum Gasteiger partial charge on any atom is 0.264 e. The summed E-state index contributed by atoms with van der Waals surface area (Å²) in [6.07, 6.45) is 2.17. The summed E-state index contributed by atoms with van der Waals surface area (Å²) in [5.74, 6) is 0. The Hall–Kier alpha value is -1.81. The summed E-state index contributed by atoms with van der Waals surface area (Å²) >= 11 is 0. The molecule has 2 aliphatic rings. The third-order valence-electron chi connectivity index (χ3n) is 4.94. The number of para-hydroxylation sites is 1. The maximum atomic E-state index is 13.2. The molecule has 3 nitrogen and oxygen atoms in total. The van der Waals surface area contributed by atoms with Gasteiger partial charge in [-0.3, -0.25) is 4.31 Å². The highest BCUT2D eigenvalue weighted by Gasteiger charge is 2.54. The zero-order chi connectivity index (χ0) is 15.5. The molecule has 0 saturated heterocycles. The van der Waals surface area contributed by atoms with Crippen LogP contribution < -0.4 is 4.31 Å². The lowest BCUT2D eigenvalue weighted by atomic mass is 9.99. The Morgan fingerprint density at radius 2 is 1.77 bits per heavy atom. The Balaban J connectivity index is 1.85. The highest BCUT2D eigenvalue weighted by Crippen LogP contribution is 2.57. The summed E-state index contributed by atoms with van der Waals surface area (Å²) in [7, 11) is -3.50. The molecule has 22 heavy (non-hydrogen) atoms. The van der Waals surface area contributed by atoms with Gasteiger partial charge >= 0.3 is 0 Å². The van der Waals surface area contributed by atoms with E-state index in [4.69, 9.17) is 0 Å². The minimum Gasteiger partial charge on any atom is -0.265 e. The summed E-state index contributed by atoms with van der Waals surface area (Å²) in [5, 5.41) is 0. The van der Waals surface area contributed by atoms with Crippen LogP contribution in [0.3, 0.4) is 0 Å². The van der Waals surface area contributed by atoms with Crippen LogP contribution in [-0.4, -0.2) is 15.0 Å². The molecule has 0 bridgehead atoms. The van der Waals surface area contributed by atoms with Gasteiger partial charge in [-0.2, -0.15) is 0 Å². The lowest BCUT2D eigenvalue weighted by molar-refractivity contribution is 0.588. The van der Waals surface area contributed by atoms with E-state index in [-0.39, 0.29) is 5.41 Å². The Morgan fingerprint density at radius 3 is 2.45 bits per heavy atom. The van der Waals surface area contributed by atoms with Crippen molar-refractivity contribution in [1.29, 1.82) is 0 Å². The van der Waals surface area contributed by atoms with Gasteiger partial charge in [0.2, 0.25) is 0 Å². The number of benzene rings is 2. The maximum absolute atomic E-state index is 13.2. The number of anilines is 1. The Kier molecular flexibility index (Phi) is 2.74. The van der Waals surface area contributed by atoms with Crippen LogP contribution in [0.2, 0.25) is 0 Å². The van der Waals surface area contributed by atoms with Gasteiger partial charge in [-0.05, 0) is 49.9 Å². The van der Waals surface area contributed by atoms with Gasteiger partial charge < -0.3 is 0 Å². The van der Waals surface area contributed by atoms with E-state index >= 15 is 0 Å². The number of fused-ring (bicyclic) bond motifs is 2. The summed E-state index contributed by atoms with van der Waals surface area (Å²) in [6.45, 7) is 4.44. The lowest BCUT2D eigenvalue weighted by Crippen LogP contribution is -2.32. The fourth-order valence-corrected chi connectivity index (χ4v) is 5.36. The molecule has 4 heteroatoms. The van der Waals surface area contributed by atoms with E-state index in [0.29, 0.717) is 11.4 Å². The molecule has 0 amide bonds. The van der Waals surface area contributed by atoms with Crippen LogP contribution in [0.1, 0.15) is 29.5 Å². The first-order chi connectivity index (χ1) is 10.4. The zero-order valence-electron chi connectivity index (χ0n) is 12.8. The Bertz CT molecular complexity index is 866. The number of hydrogen-bond donors (Lipinski definition) is 0. The number of hydrogen-bond acceptors (Lipinski definition) is 2. The van der Waals surface area contributed by atoms with E-state index in [0.717, 1.165) is 29.7 Å². The monoisotopic (exact) mass is 313 g/mol. The van der Waals surface area contributed by atoms with Crippen LogP contribution in [-0.2, 0) is 15.4 Å². The van der Waals surface area contributed by atoms with E-state index in [1.807, 2.05) is 44.2 Å². The molecule has 2 aromatic rings. The Labute approximate surface area is 131 Å². The van der Waals surface area contributed by atoms with Gasteiger partial charge in [0.15, 0.2) is 0 Å². The van der Waals surface area contributed by atoms with Gasteiger partial charge in [0, 0.05) is 12.0 Å². The fourth-order valence-electron chi connectivity index (χ4n) is 3.59. The SMILES string of the molecule is Cc1ccc(S(=O)(=O)N2CC3(CC3)c3ccccc32)c(C)c1. The van der Waals surface area contributed by atoms with Gasteiger partial charge in [0.1, 0.15) is 0 Å². The molecule has 2 aromatic carbocycles. The van der Waals surface area contributed by atoms with Crippen molar-refractivity contribution in [2.75, 3.05) is 10.8 Å². The Morgan fingerprint density at radius 1 is 1.05 bits per heavy atom. The summed E-state index contributed by atoms with van der Waals surface area (Å²) in [4.78, 5) is 0.422. The molecular weight excluding hydrogens is 294 g/mol. The zero-order valence-corrected chi connectivity index (χ0v) is 13.7. The largest absolute Gasteiger partial charge is 0.265 e. The fraction of sp³-hybridized carbons (Fsp3) is 0.333. The van der Waals surface area contributed by atoms with Crippen molar-refractivity contribution in [1.82, 2.24) is 0 Å². The molecule has 1 heterocycles. The molecule has 1 aliphatic heterocycles. The van der Waals surface area contributed by atoms with Crippen molar-refractivity contribution in [3.63, 3.8) is 0 Å². The van der Waals surface area contributed by atoms with Gasteiger partial charge in [0.25, 0.3) is 10.0 Å². The number of rotatable bonds is 2. The van der Waals surface area contributed by atoms with Crippen molar-refractivity contribution in [3.8, 4) is 0 Å². The molecule has 1 aliphatic carbocycles. The predicted octanol–water partition coefficient (Wildman–Crippen LogP) is 3.54. The number of sulfonamides is 1. The number of aryl methyl sites for hydroxylation is 2. The van der Waals surface area contributed by atoms with Crippen LogP contribution in [0.15, 0.2) is 47.4 Å². The molecule has 0 N–H and O–H groups in total. The lowest BCUT2D eigenvalue weighted by Gasteiger charge is -2.21. The molecule has 0 atom stereocenters.